The molecule has 0 radical (unpaired) electrons. The molecule has 1 aliphatic heterocycles. The predicted octanol–water partition coefficient (Wildman–Crippen LogP) is -0.175. The molecule has 1 aromatic rings. The number of aliphatic hydroxyl groups is 2. The zero-order valence-electron chi connectivity index (χ0n) is 14.4. The number of nitrogens with one attached hydrogen (secondary N) is 1. The first-order chi connectivity index (χ1) is 12.8. The van der Waals surface area contributed by atoms with E-state index in [2.05, 4.69) is 4.98 Å². The molecule has 4 unspecified atom stereocenters. The largest absolute Gasteiger partial charge is 0.479 e. The molecular weight excluding hydrogens is 369 g/mol. The minimum atomic E-state index is -1.82. The highest BCUT2D eigenvalue weighted by Crippen LogP contribution is 2.29. The van der Waals surface area contributed by atoms with E-state index in [1.54, 1.807) is 0 Å². The molecule has 1 amide bonds. The number of halogens is 1. The fourth-order valence-electron chi connectivity index (χ4n) is 2.46. The Morgan fingerprint density at radius 1 is 1.37 bits per heavy atom. The van der Waals surface area contributed by atoms with Gasteiger partial charge in [0, 0.05) is 0 Å². The van der Waals surface area contributed by atoms with Crippen LogP contribution in [-0.2, 0) is 14.3 Å². The van der Waals surface area contributed by atoms with Gasteiger partial charge in [0.2, 0.25) is 0 Å². The molecule has 0 spiro atoms. The summed E-state index contributed by atoms with van der Waals surface area (Å²) >= 11 is 0. The quantitative estimate of drug-likeness (QED) is 0.464. The lowest BCUT2D eigenvalue weighted by Crippen LogP contribution is -2.37. The van der Waals surface area contributed by atoms with Crippen LogP contribution in [0.15, 0.2) is 11.0 Å². The van der Waals surface area contributed by atoms with Gasteiger partial charge in [-0.25, -0.2) is 18.8 Å². The molecule has 0 aromatic carbocycles. The molecule has 4 N–H and O–H groups in total. The van der Waals surface area contributed by atoms with Gasteiger partial charge in [-0.1, -0.05) is 19.8 Å². The number of unbranched alkanes of at least 4 members (excludes halogenated alkanes) is 2. The normalized spacial score (nSPS) is 24.6. The molecule has 12 heteroatoms. The van der Waals surface area contributed by atoms with Crippen LogP contribution >= 0.6 is 0 Å². The Morgan fingerprint density at radius 2 is 2.07 bits per heavy atom. The summed E-state index contributed by atoms with van der Waals surface area (Å²) in [7, 11) is 0. The lowest BCUT2D eigenvalue weighted by atomic mass is 10.1. The van der Waals surface area contributed by atoms with Crippen LogP contribution < -0.4 is 11.0 Å². The van der Waals surface area contributed by atoms with Crippen molar-refractivity contribution in [3.63, 3.8) is 0 Å². The first-order valence-electron chi connectivity index (χ1n) is 8.23. The zero-order valence-corrected chi connectivity index (χ0v) is 14.4. The minimum absolute atomic E-state index is 0.120. The number of hydrogen-bond acceptors (Lipinski definition) is 8. The number of carboxylic acids is 1. The molecule has 1 aliphatic rings. The molecule has 150 valence electrons. The van der Waals surface area contributed by atoms with Crippen LogP contribution in [0, 0.1) is 5.82 Å². The molecular formula is C15H20FN3O8. The molecule has 0 bridgehead atoms. The SMILES string of the molecule is CCCCCOC(=O)Nc1nc(=O)n(C2OC(C(=O)O)C(O)C2O)cc1F. The molecule has 4 atom stereocenters. The van der Waals surface area contributed by atoms with Crippen LogP contribution in [-0.4, -0.2) is 61.9 Å². The van der Waals surface area contributed by atoms with E-state index in [1.165, 1.54) is 0 Å². The highest BCUT2D eigenvalue weighted by molar-refractivity contribution is 5.83. The van der Waals surface area contributed by atoms with Crippen molar-refractivity contribution in [2.75, 3.05) is 11.9 Å². The number of carboxylic acid groups (broad SMARTS) is 1. The third kappa shape index (κ3) is 4.78. The maximum absolute atomic E-state index is 14.2. The van der Waals surface area contributed by atoms with E-state index in [9.17, 15) is 29.0 Å². The molecule has 2 heterocycles. The second-order valence-corrected chi connectivity index (χ2v) is 5.86. The highest BCUT2D eigenvalue weighted by Gasteiger charge is 2.48. The summed E-state index contributed by atoms with van der Waals surface area (Å²) in [6.07, 6.45) is -5.09. The predicted molar refractivity (Wildman–Crippen MR) is 86.5 cm³/mol. The summed E-state index contributed by atoms with van der Waals surface area (Å²) in [6, 6.07) is 0. The Kier molecular flexibility index (Phi) is 6.82. The van der Waals surface area contributed by atoms with Gasteiger partial charge in [0.15, 0.2) is 24.0 Å². The molecule has 1 fully saturated rings. The van der Waals surface area contributed by atoms with E-state index in [0.717, 1.165) is 12.8 Å². The number of carbonyl (C=O) groups is 2. The summed E-state index contributed by atoms with van der Waals surface area (Å²) in [6.45, 7) is 2.09. The topological polar surface area (TPSA) is 160 Å². The first kappa shape index (κ1) is 20.7. The zero-order chi connectivity index (χ0) is 20.1. The van der Waals surface area contributed by atoms with E-state index in [-0.39, 0.29) is 6.61 Å². The number of aliphatic carboxylic acids is 1. The Bertz CT molecular complexity index is 755. The van der Waals surface area contributed by atoms with Crippen LogP contribution in [0.4, 0.5) is 15.0 Å². The standard InChI is InChI=1S/C15H20FN3O8/c1-2-3-4-5-26-15(25)18-11-7(16)6-19(14(24)17-11)12-9(21)8(20)10(27-12)13(22)23/h6,8-10,12,20-21H,2-5H2,1H3,(H,22,23)(H,17,18,24,25). The second kappa shape index (κ2) is 8.88. The number of nitrogens with zero attached hydrogens (tertiary/aromatic N) is 2. The maximum atomic E-state index is 14.2. The van der Waals surface area contributed by atoms with Gasteiger partial charge in [0.1, 0.15) is 12.2 Å². The van der Waals surface area contributed by atoms with Gasteiger partial charge in [0.25, 0.3) is 0 Å². The number of ether oxygens (including phenoxy) is 2. The summed E-state index contributed by atoms with van der Waals surface area (Å²) in [5.74, 6) is -3.40. The average molecular weight is 389 g/mol. The van der Waals surface area contributed by atoms with Crippen molar-refractivity contribution in [2.45, 2.75) is 50.7 Å². The van der Waals surface area contributed by atoms with Gasteiger partial charge < -0.3 is 24.8 Å². The highest BCUT2D eigenvalue weighted by atomic mass is 19.1. The van der Waals surface area contributed by atoms with Crippen LogP contribution in [0.5, 0.6) is 0 Å². The molecule has 2 rings (SSSR count). The number of rotatable bonds is 7. The Labute approximate surface area is 152 Å². The second-order valence-electron chi connectivity index (χ2n) is 5.86. The van der Waals surface area contributed by atoms with Crippen LogP contribution in [0.25, 0.3) is 0 Å². The number of aliphatic hydroxyl groups excluding tert-OH is 2. The van der Waals surface area contributed by atoms with Crippen molar-refractivity contribution in [3.8, 4) is 0 Å². The van der Waals surface area contributed by atoms with Gasteiger partial charge in [-0.05, 0) is 6.42 Å². The van der Waals surface area contributed by atoms with E-state index in [1.807, 2.05) is 12.2 Å². The van der Waals surface area contributed by atoms with E-state index in [0.29, 0.717) is 17.2 Å². The molecule has 1 aromatic heterocycles. The Morgan fingerprint density at radius 3 is 2.67 bits per heavy atom. The van der Waals surface area contributed by atoms with Crippen LogP contribution in [0.2, 0.25) is 0 Å². The molecule has 11 nitrogen and oxygen atoms in total. The van der Waals surface area contributed by atoms with Gasteiger partial charge in [-0.15, -0.1) is 0 Å². The Hall–Kier alpha value is -2.57. The maximum Gasteiger partial charge on any atom is 0.412 e. The number of anilines is 1. The lowest BCUT2D eigenvalue weighted by Gasteiger charge is -2.17. The number of carbonyl (C=O) groups excluding carboxylic acids is 1. The lowest BCUT2D eigenvalue weighted by molar-refractivity contribution is -0.155. The molecule has 1 saturated heterocycles. The van der Waals surface area contributed by atoms with Crippen molar-refractivity contribution >= 4 is 17.9 Å². The van der Waals surface area contributed by atoms with Crippen molar-refractivity contribution < 1.29 is 38.8 Å². The Balaban J connectivity index is 2.12. The number of amides is 1. The number of hydrogen-bond donors (Lipinski definition) is 4. The smallest absolute Gasteiger partial charge is 0.412 e. The van der Waals surface area contributed by atoms with Gasteiger partial charge in [-0.2, -0.15) is 4.98 Å². The van der Waals surface area contributed by atoms with Gasteiger partial charge in [-0.3, -0.25) is 9.88 Å². The van der Waals surface area contributed by atoms with Crippen LogP contribution in [0.3, 0.4) is 0 Å². The fourth-order valence-corrected chi connectivity index (χ4v) is 2.46. The fraction of sp³-hybridized carbons (Fsp3) is 0.600. The summed E-state index contributed by atoms with van der Waals surface area (Å²) in [5, 5.41) is 30.4. The van der Waals surface area contributed by atoms with E-state index >= 15 is 0 Å². The molecule has 0 aliphatic carbocycles. The van der Waals surface area contributed by atoms with Crippen molar-refractivity contribution in [3.05, 3.63) is 22.5 Å². The monoisotopic (exact) mass is 389 g/mol. The van der Waals surface area contributed by atoms with Crippen molar-refractivity contribution in [1.82, 2.24) is 9.55 Å². The van der Waals surface area contributed by atoms with Crippen molar-refractivity contribution in [2.24, 2.45) is 0 Å². The molecule has 27 heavy (non-hydrogen) atoms. The van der Waals surface area contributed by atoms with E-state index in [4.69, 9.17) is 14.6 Å². The molecule has 0 saturated carbocycles. The average Bonchev–Trinajstić information content (AvgIpc) is 2.90. The van der Waals surface area contributed by atoms with Crippen molar-refractivity contribution in [1.29, 1.82) is 0 Å². The van der Waals surface area contributed by atoms with Gasteiger partial charge >= 0.3 is 17.8 Å². The van der Waals surface area contributed by atoms with E-state index < -0.39 is 53.9 Å². The van der Waals surface area contributed by atoms with Crippen LogP contribution in [0.1, 0.15) is 32.4 Å². The van der Waals surface area contributed by atoms with Gasteiger partial charge in [0.05, 0.1) is 12.8 Å². The minimum Gasteiger partial charge on any atom is -0.479 e. The first-order valence-corrected chi connectivity index (χ1v) is 8.23. The number of aromatic nitrogens is 2. The summed E-state index contributed by atoms with van der Waals surface area (Å²) in [5.41, 5.74) is -1.14. The summed E-state index contributed by atoms with van der Waals surface area (Å²) < 4.78 is 24.4. The summed E-state index contributed by atoms with van der Waals surface area (Å²) in [4.78, 5) is 37.9. The third-order valence-electron chi connectivity index (χ3n) is 3.86. The third-order valence-corrected chi connectivity index (χ3v) is 3.86.